The van der Waals surface area contributed by atoms with Gasteiger partial charge in [0.1, 0.15) is 11.5 Å². The number of amides is 2. The van der Waals surface area contributed by atoms with Crippen LogP contribution in [0.25, 0.3) is 0 Å². The molecule has 2 N–H and O–H groups in total. The number of benzene rings is 1. The van der Waals surface area contributed by atoms with Gasteiger partial charge in [-0.15, -0.1) is 0 Å². The Hall–Kier alpha value is -2.24. The summed E-state index contributed by atoms with van der Waals surface area (Å²) in [6, 6.07) is 6.07. The van der Waals surface area contributed by atoms with Crippen molar-refractivity contribution in [2.24, 2.45) is 5.10 Å². The summed E-state index contributed by atoms with van der Waals surface area (Å²) in [4.78, 5) is 22.8. The highest BCUT2D eigenvalue weighted by molar-refractivity contribution is 6.39. The fourth-order valence-corrected chi connectivity index (χ4v) is 1.97. The Balaban J connectivity index is 1.88. The molecule has 0 saturated carbocycles. The van der Waals surface area contributed by atoms with Gasteiger partial charge in [0.2, 0.25) is 5.91 Å². The third kappa shape index (κ3) is 3.88. The zero-order valence-electron chi connectivity index (χ0n) is 11.1. The molecule has 6 heteroatoms. The van der Waals surface area contributed by atoms with Crippen molar-refractivity contribution in [3.8, 4) is 0 Å². The minimum atomic E-state index is -0.280. The SMILES string of the molecule is CC(Cc1ccc(F)cc1)NC(=O)C1=NNC(=O)CC1. The first kappa shape index (κ1) is 14.2. The number of nitrogens with one attached hydrogen (secondary N) is 2. The number of halogens is 1. The third-order valence-electron chi connectivity index (χ3n) is 3.00. The second kappa shape index (κ2) is 6.27. The summed E-state index contributed by atoms with van der Waals surface area (Å²) in [5.74, 6) is -0.738. The predicted octanol–water partition coefficient (Wildman–Crippen LogP) is 1.14. The van der Waals surface area contributed by atoms with Crippen LogP contribution in [-0.2, 0) is 16.0 Å². The molecule has 0 fully saturated rings. The molecule has 0 aromatic heterocycles. The van der Waals surface area contributed by atoms with Crippen molar-refractivity contribution in [1.29, 1.82) is 0 Å². The average Bonchev–Trinajstić information content (AvgIpc) is 2.42. The maximum atomic E-state index is 12.8. The van der Waals surface area contributed by atoms with E-state index in [9.17, 15) is 14.0 Å². The molecule has 0 aliphatic carbocycles. The van der Waals surface area contributed by atoms with Crippen molar-refractivity contribution in [3.05, 3.63) is 35.6 Å². The molecule has 0 spiro atoms. The fraction of sp³-hybridized carbons (Fsp3) is 0.357. The number of rotatable bonds is 4. The van der Waals surface area contributed by atoms with E-state index >= 15 is 0 Å². The molecule has 1 aliphatic rings. The Morgan fingerprint density at radius 1 is 1.40 bits per heavy atom. The van der Waals surface area contributed by atoms with Gasteiger partial charge < -0.3 is 5.32 Å². The van der Waals surface area contributed by atoms with Crippen molar-refractivity contribution in [2.75, 3.05) is 0 Å². The van der Waals surface area contributed by atoms with Crippen molar-refractivity contribution < 1.29 is 14.0 Å². The monoisotopic (exact) mass is 277 g/mol. The standard InChI is InChI=1S/C14H16FN3O2/c1-9(8-10-2-4-11(15)5-3-10)16-14(20)12-6-7-13(19)18-17-12/h2-5,9H,6-8H2,1H3,(H,16,20)(H,18,19). The number of carbonyl (C=O) groups excluding carboxylic acids is 2. The molecule has 0 bridgehead atoms. The van der Waals surface area contributed by atoms with Gasteiger partial charge >= 0.3 is 0 Å². The highest BCUT2D eigenvalue weighted by atomic mass is 19.1. The normalized spacial score (nSPS) is 16.1. The van der Waals surface area contributed by atoms with Gasteiger partial charge in [0.05, 0.1) is 0 Å². The molecule has 1 heterocycles. The van der Waals surface area contributed by atoms with Crippen LogP contribution in [0.3, 0.4) is 0 Å². The summed E-state index contributed by atoms with van der Waals surface area (Å²) >= 11 is 0. The first-order valence-electron chi connectivity index (χ1n) is 6.45. The Kier molecular flexibility index (Phi) is 4.45. The van der Waals surface area contributed by atoms with Gasteiger partial charge in [-0.05, 0) is 31.0 Å². The molecule has 5 nitrogen and oxygen atoms in total. The van der Waals surface area contributed by atoms with E-state index in [1.54, 1.807) is 12.1 Å². The molecule has 20 heavy (non-hydrogen) atoms. The largest absolute Gasteiger partial charge is 0.348 e. The highest BCUT2D eigenvalue weighted by Gasteiger charge is 2.19. The van der Waals surface area contributed by atoms with E-state index in [2.05, 4.69) is 15.8 Å². The van der Waals surface area contributed by atoms with E-state index < -0.39 is 0 Å². The van der Waals surface area contributed by atoms with Gasteiger partial charge in [-0.2, -0.15) is 5.10 Å². The quantitative estimate of drug-likeness (QED) is 0.866. The molecule has 2 amide bonds. The van der Waals surface area contributed by atoms with Crippen LogP contribution < -0.4 is 10.7 Å². The lowest BCUT2D eigenvalue weighted by molar-refractivity contribution is -0.121. The second-order valence-corrected chi connectivity index (χ2v) is 4.80. The topological polar surface area (TPSA) is 70.6 Å². The van der Waals surface area contributed by atoms with E-state index in [0.29, 0.717) is 18.6 Å². The third-order valence-corrected chi connectivity index (χ3v) is 3.00. The number of carbonyl (C=O) groups is 2. The summed E-state index contributed by atoms with van der Waals surface area (Å²) in [7, 11) is 0. The van der Waals surface area contributed by atoms with Gasteiger partial charge in [-0.25, -0.2) is 9.82 Å². The predicted molar refractivity (Wildman–Crippen MR) is 72.5 cm³/mol. The molecule has 1 unspecified atom stereocenters. The maximum absolute atomic E-state index is 12.8. The second-order valence-electron chi connectivity index (χ2n) is 4.80. The maximum Gasteiger partial charge on any atom is 0.267 e. The summed E-state index contributed by atoms with van der Waals surface area (Å²) < 4.78 is 12.8. The van der Waals surface area contributed by atoms with Gasteiger partial charge in [0.15, 0.2) is 0 Å². The minimum Gasteiger partial charge on any atom is -0.348 e. The molecule has 0 radical (unpaired) electrons. The first-order valence-corrected chi connectivity index (χ1v) is 6.45. The summed E-state index contributed by atoms with van der Waals surface area (Å²) in [6.45, 7) is 1.86. The van der Waals surface area contributed by atoms with Crippen LogP contribution in [-0.4, -0.2) is 23.6 Å². The summed E-state index contributed by atoms with van der Waals surface area (Å²) in [6.07, 6.45) is 1.23. The van der Waals surface area contributed by atoms with E-state index in [1.165, 1.54) is 12.1 Å². The Morgan fingerprint density at radius 2 is 2.10 bits per heavy atom. The van der Waals surface area contributed by atoms with E-state index in [1.807, 2.05) is 6.92 Å². The van der Waals surface area contributed by atoms with Crippen LogP contribution in [0.15, 0.2) is 29.4 Å². The number of hydrogen-bond donors (Lipinski definition) is 2. The molecule has 1 aliphatic heterocycles. The number of hydrogen-bond acceptors (Lipinski definition) is 3. The van der Waals surface area contributed by atoms with E-state index in [4.69, 9.17) is 0 Å². The molecule has 1 atom stereocenters. The van der Waals surface area contributed by atoms with Crippen molar-refractivity contribution in [3.63, 3.8) is 0 Å². The van der Waals surface area contributed by atoms with Gasteiger partial charge in [0, 0.05) is 18.9 Å². The highest BCUT2D eigenvalue weighted by Crippen LogP contribution is 2.06. The van der Waals surface area contributed by atoms with Crippen LogP contribution in [0.5, 0.6) is 0 Å². The Labute approximate surface area is 116 Å². The zero-order valence-corrected chi connectivity index (χ0v) is 11.1. The van der Waals surface area contributed by atoms with E-state index in [-0.39, 0.29) is 30.1 Å². The molecule has 1 aromatic carbocycles. The van der Waals surface area contributed by atoms with Crippen molar-refractivity contribution >= 4 is 17.5 Å². The summed E-state index contributed by atoms with van der Waals surface area (Å²) in [5.41, 5.74) is 3.56. The smallest absolute Gasteiger partial charge is 0.267 e. The van der Waals surface area contributed by atoms with Crippen molar-refractivity contribution in [2.45, 2.75) is 32.2 Å². The molecular formula is C14H16FN3O2. The molecule has 2 rings (SSSR count). The van der Waals surface area contributed by atoms with Crippen LogP contribution in [0.4, 0.5) is 4.39 Å². The Bertz CT molecular complexity index is 540. The fourth-order valence-electron chi connectivity index (χ4n) is 1.97. The molecule has 106 valence electrons. The zero-order chi connectivity index (χ0) is 14.5. The van der Waals surface area contributed by atoms with E-state index in [0.717, 1.165) is 5.56 Å². The van der Waals surface area contributed by atoms with Gasteiger partial charge in [-0.1, -0.05) is 12.1 Å². The van der Waals surface area contributed by atoms with Crippen molar-refractivity contribution in [1.82, 2.24) is 10.7 Å². The number of nitrogens with zero attached hydrogens (tertiary/aromatic N) is 1. The molecule has 0 saturated heterocycles. The van der Waals surface area contributed by atoms with Gasteiger partial charge in [-0.3, -0.25) is 9.59 Å². The van der Waals surface area contributed by atoms with Gasteiger partial charge in [0.25, 0.3) is 5.91 Å². The van der Waals surface area contributed by atoms with Crippen LogP contribution in [0, 0.1) is 5.82 Å². The molecular weight excluding hydrogens is 261 g/mol. The minimum absolute atomic E-state index is 0.103. The lowest BCUT2D eigenvalue weighted by Crippen LogP contribution is -2.41. The summed E-state index contributed by atoms with van der Waals surface area (Å²) in [5, 5.41) is 6.55. The lowest BCUT2D eigenvalue weighted by atomic mass is 10.1. The Morgan fingerprint density at radius 3 is 2.70 bits per heavy atom. The average molecular weight is 277 g/mol. The van der Waals surface area contributed by atoms with Crippen LogP contribution in [0.1, 0.15) is 25.3 Å². The lowest BCUT2D eigenvalue weighted by Gasteiger charge is -2.16. The van der Waals surface area contributed by atoms with Crippen LogP contribution >= 0.6 is 0 Å². The molecule has 1 aromatic rings. The number of hydrazone groups is 1. The first-order chi connectivity index (χ1) is 9.54. The van der Waals surface area contributed by atoms with Crippen LogP contribution in [0.2, 0.25) is 0 Å².